The maximum atomic E-state index is 12.0. The molecule has 0 bridgehead atoms. The number of carboxylic acids is 1. The minimum Gasteiger partial charge on any atom is -0.493 e. The molecule has 0 radical (unpaired) electrons. The molecule has 0 atom stereocenters. The van der Waals surface area contributed by atoms with Crippen molar-refractivity contribution in [3.05, 3.63) is 50.2 Å². The summed E-state index contributed by atoms with van der Waals surface area (Å²) < 4.78 is 1.67. The van der Waals surface area contributed by atoms with Crippen molar-refractivity contribution in [1.29, 1.82) is 0 Å². The molecule has 9 heteroatoms. The molecule has 0 aliphatic rings. The Balaban J connectivity index is 2.52. The standard InChI is InChI=1S/C14H14N4O5/c1-7-6-8(13(21)22)4-5-9(7)15-16-10-11(19)17(2)14(23)18(3)12(10)20/h4-6,19H,1-3H3,(H,21,22). The summed E-state index contributed by atoms with van der Waals surface area (Å²) in [6.45, 7) is 1.64. The third-order valence-corrected chi connectivity index (χ3v) is 3.31. The largest absolute Gasteiger partial charge is 0.493 e. The van der Waals surface area contributed by atoms with Crippen molar-refractivity contribution in [2.75, 3.05) is 0 Å². The summed E-state index contributed by atoms with van der Waals surface area (Å²) >= 11 is 0. The zero-order chi connectivity index (χ0) is 17.3. The Labute approximate surface area is 129 Å². The summed E-state index contributed by atoms with van der Waals surface area (Å²) in [6, 6.07) is 4.20. The lowest BCUT2D eigenvalue weighted by atomic mass is 10.1. The van der Waals surface area contributed by atoms with Gasteiger partial charge in [-0.15, -0.1) is 10.2 Å². The highest BCUT2D eigenvalue weighted by Gasteiger charge is 2.14. The predicted octanol–water partition coefficient (Wildman–Crippen LogP) is 1.21. The van der Waals surface area contributed by atoms with Crippen LogP contribution in [0.3, 0.4) is 0 Å². The van der Waals surface area contributed by atoms with Gasteiger partial charge in [-0.3, -0.25) is 13.9 Å². The number of carbonyl (C=O) groups is 1. The second-order valence-electron chi connectivity index (χ2n) is 4.88. The maximum Gasteiger partial charge on any atom is 0.335 e. The number of aryl methyl sites for hydroxylation is 1. The zero-order valence-corrected chi connectivity index (χ0v) is 12.6. The lowest BCUT2D eigenvalue weighted by Crippen LogP contribution is -2.36. The number of benzene rings is 1. The van der Waals surface area contributed by atoms with Crippen molar-refractivity contribution in [2.45, 2.75) is 6.92 Å². The predicted molar refractivity (Wildman–Crippen MR) is 80.9 cm³/mol. The Hall–Kier alpha value is -3.23. The van der Waals surface area contributed by atoms with Crippen molar-refractivity contribution in [3.63, 3.8) is 0 Å². The fourth-order valence-corrected chi connectivity index (χ4v) is 1.91. The molecule has 1 aromatic heterocycles. The molecule has 2 aromatic rings. The topological polar surface area (TPSA) is 126 Å². The second kappa shape index (κ2) is 5.87. The van der Waals surface area contributed by atoms with Gasteiger partial charge in [0.05, 0.1) is 11.3 Å². The van der Waals surface area contributed by atoms with E-state index in [9.17, 15) is 19.5 Å². The number of hydrogen-bond donors (Lipinski definition) is 2. The fourth-order valence-electron chi connectivity index (χ4n) is 1.91. The van der Waals surface area contributed by atoms with E-state index in [-0.39, 0.29) is 11.3 Å². The molecule has 0 amide bonds. The van der Waals surface area contributed by atoms with Crippen LogP contribution in [0.15, 0.2) is 38.0 Å². The first-order chi connectivity index (χ1) is 10.7. The number of aromatic carboxylic acids is 1. The number of carboxylic acid groups (broad SMARTS) is 1. The first-order valence-corrected chi connectivity index (χ1v) is 6.48. The van der Waals surface area contributed by atoms with Crippen molar-refractivity contribution in [1.82, 2.24) is 9.13 Å². The summed E-state index contributed by atoms with van der Waals surface area (Å²) in [6.07, 6.45) is 0. The lowest BCUT2D eigenvalue weighted by Gasteiger charge is -2.06. The summed E-state index contributed by atoms with van der Waals surface area (Å²) in [5.74, 6) is -1.66. The molecule has 2 N–H and O–H groups in total. The first kappa shape index (κ1) is 16.1. The SMILES string of the molecule is Cc1cc(C(=O)O)ccc1N=Nc1c(O)n(C)c(=O)n(C)c1=O. The zero-order valence-electron chi connectivity index (χ0n) is 12.6. The van der Waals surface area contributed by atoms with E-state index < -0.39 is 23.1 Å². The van der Waals surface area contributed by atoms with E-state index in [2.05, 4.69) is 10.2 Å². The van der Waals surface area contributed by atoms with Gasteiger partial charge in [-0.2, -0.15) is 0 Å². The van der Waals surface area contributed by atoms with Crippen molar-refractivity contribution in [2.24, 2.45) is 24.3 Å². The van der Waals surface area contributed by atoms with Gasteiger partial charge in [0.2, 0.25) is 11.6 Å². The molecule has 120 valence electrons. The van der Waals surface area contributed by atoms with Crippen molar-refractivity contribution in [3.8, 4) is 5.88 Å². The van der Waals surface area contributed by atoms with E-state index in [1.807, 2.05) is 0 Å². The van der Waals surface area contributed by atoms with Crippen molar-refractivity contribution < 1.29 is 15.0 Å². The third kappa shape index (κ3) is 2.89. The molecular weight excluding hydrogens is 304 g/mol. The van der Waals surface area contributed by atoms with E-state index >= 15 is 0 Å². The van der Waals surface area contributed by atoms with E-state index in [4.69, 9.17) is 5.11 Å². The Bertz CT molecular complexity index is 939. The van der Waals surface area contributed by atoms with Crippen LogP contribution in [0, 0.1) is 6.92 Å². The van der Waals surface area contributed by atoms with Crippen LogP contribution in [0.5, 0.6) is 5.88 Å². The molecule has 0 unspecified atom stereocenters. The van der Waals surface area contributed by atoms with Crippen molar-refractivity contribution >= 4 is 17.3 Å². The summed E-state index contributed by atoms with van der Waals surface area (Å²) in [7, 11) is 2.55. The van der Waals surface area contributed by atoms with E-state index in [0.717, 1.165) is 9.13 Å². The molecule has 2 rings (SSSR count). The van der Waals surface area contributed by atoms with Gasteiger partial charge in [0.15, 0.2) is 0 Å². The van der Waals surface area contributed by atoms with E-state index in [1.54, 1.807) is 6.92 Å². The van der Waals surface area contributed by atoms with Crippen LogP contribution in [0.2, 0.25) is 0 Å². The summed E-state index contributed by atoms with van der Waals surface area (Å²) in [5.41, 5.74) is -0.874. The summed E-state index contributed by atoms with van der Waals surface area (Å²) in [5, 5.41) is 26.3. The fraction of sp³-hybridized carbons (Fsp3) is 0.214. The smallest absolute Gasteiger partial charge is 0.335 e. The van der Waals surface area contributed by atoms with Gasteiger partial charge < -0.3 is 10.2 Å². The molecule has 0 saturated carbocycles. The van der Waals surface area contributed by atoms with E-state index in [1.165, 1.54) is 32.3 Å². The van der Waals surface area contributed by atoms with Crippen LogP contribution < -0.4 is 11.2 Å². The number of rotatable bonds is 3. The monoisotopic (exact) mass is 318 g/mol. The van der Waals surface area contributed by atoms with Gasteiger partial charge in [0.1, 0.15) is 0 Å². The highest BCUT2D eigenvalue weighted by atomic mass is 16.4. The molecule has 0 aliphatic carbocycles. The number of azo groups is 1. The van der Waals surface area contributed by atoms with Crippen LogP contribution >= 0.6 is 0 Å². The van der Waals surface area contributed by atoms with Gasteiger partial charge in [0, 0.05) is 14.1 Å². The first-order valence-electron chi connectivity index (χ1n) is 6.48. The quantitative estimate of drug-likeness (QED) is 0.822. The number of hydrogen-bond acceptors (Lipinski definition) is 6. The van der Waals surface area contributed by atoms with Gasteiger partial charge in [0.25, 0.3) is 5.56 Å². The molecule has 1 aromatic carbocycles. The number of nitrogens with zero attached hydrogens (tertiary/aromatic N) is 4. The third-order valence-electron chi connectivity index (χ3n) is 3.31. The Kier molecular flexibility index (Phi) is 4.12. The van der Waals surface area contributed by atoms with Crippen LogP contribution in [0.1, 0.15) is 15.9 Å². The molecule has 9 nitrogen and oxygen atoms in total. The second-order valence-corrected chi connectivity index (χ2v) is 4.88. The van der Waals surface area contributed by atoms with Gasteiger partial charge in [-0.1, -0.05) is 0 Å². The van der Waals surface area contributed by atoms with Crippen LogP contribution in [-0.2, 0) is 14.1 Å². The number of aromatic hydroxyl groups is 1. The lowest BCUT2D eigenvalue weighted by molar-refractivity contribution is 0.0697. The Morgan fingerprint density at radius 2 is 1.78 bits per heavy atom. The molecule has 0 spiro atoms. The average Bonchev–Trinajstić information content (AvgIpc) is 2.52. The molecule has 0 aliphatic heterocycles. The highest BCUT2D eigenvalue weighted by molar-refractivity contribution is 5.88. The molecular formula is C14H14N4O5. The van der Waals surface area contributed by atoms with Crippen LogP contribution in [0.25, 0.3) is 0 Å². The van der Waals surface area contributed by atoms with Gasteiger partial charge >= 0.3 is 11.7 Å². The molecule has 0 fully saturated rings. The van der Waals surface area contributed by atoms with E-state index in [0.29, 0.717) is 11.3 Å². The minimum atomic E-state index is -1.07. The van der Waals surface area contributed by atoms with Gasteiger partial charge in [-0.05, 0) is 30.7 Å². The molecule has 1 heterocycles. The molecule has 0 saturated heterocycles. The van der Waals surface area contributed by atoms with Crippen LogP contribution in [0.4, 0.5) is 11.4 Å². The molecule has 23 heavy (non-hydrogen) atoms. The average molecular weight is 318 g/mol. The summed E-state index contributed by atoms with van der Waals surface area (Å²) in [4.78, 5) is 34.5. The van der Waals surface area contributed by atoms with Crippen LogP contribution in [-0.4, -0.2) is 25.3 Å². The highest BCUT2D eigenvalue weighted by Crippen LogP contribution is 2.25. The van der Waals surface area contributed by atoms with Gasteiger partial charge in [-0.25, -0.2) is 9.59 Å². The number of aromatic nitrogens is 2. The Morgan fingerprint density at radius 3 is 2.35 bits per heavy atom. The normalized spacial score (nSPS) is 11.1. The minimum absolute atomic E-state index is 0.0994. The Morgan fingerprint density at radius 1 is 1.13 bits per heavy atom. The maximum absolute atomic E-state index is 12.0.